The molecule has 0 saturated carbocycles. The molecule has 0 radical (unpaired) electrons. The van der Waals surface area contributed by atoms with Crippen molar-refractivity contribution in [2.24, 2.45) is 0 Å². The van der Waals surface area contributed by atoms with Gasteiger partial charge in [-0.15, -0.1) is 0 Å². The number of anilines is 2. The Morgan fingerprint density at radius 1 is 0.887 bits per heavy atom. The van der Waals surface area contributed by atoms with E-state index < -0.39 is 6.09 Å². The summed E-state index contributed by atoms with van der Waals surface area (Å²) in [6, 6.07) is 32.4. The molecule has 272 valence electrons. The molecule has 0 atom stereocenters. The number of aromatic nitrogens is 1. The summed E-state index contributed by atoms with van der Waals surface area (Å²) in [7, 11) is 0. The van der Waals surface area contributed by atoms with E-state index in [0.717, 1.165) is 77.3 Å². The maximum absolute atomic E-state index is 12.9. The molecule has 1 aliphatic heterocycles. The number of hydrogen-bond donors (Lipinski definition) is 5. The van der Waals surface area contributed by atoms with Gasteiger partial charge in [-0.2, -0.15) is 0 Å². The second kappa shape index (κ2) is 16.8. The van der Waals surface area contributed by atoms with Crippen molar-refractivity contribution in [1.82, 2.24) is 15.2 Å². The summed E-state index contributed by atoms with van der Waals surface area (Å²) in [5.41, 5.74) is 6.01. The predicted molar refractivity (Wildman–Crippen MR) is 208 cm³/mol. The number of nitrogens with zero attached hydrogens (tertiary/aromatic N) is 1. The van der Waals surface area contributed by atoms with Crippen LogP contribution in [0.2, 0.25) is 0 Å². The van der Waals surface area contributed by atoms with Gasteiger partial charge in [-0.3, -0.25) is 14.9 Å². The molecule has 2 aromatic heterocycles. The fourth-order valence-electron chi connectivity index (χ4n) is 6.54. The lowest BCUT2D eigenvalue weighted by molar-refractivity contribution is 0.0593. The van der Waals surface area contributed by atoms with E-state index in [-0.39, 0.29) is 28.4 Å². The summed E-state index contributed by atoms with van der Waals surface area (Å²) >= 11 is 1.09. The second-order valence-electron chi connectivity index (χ2n) is 13.0. The molecule has 6 aromatic rings. The average Bonchev–Trinajstić information content (AvgIpc) is 3.82. The van der Waals surface area contributed by atoms with Gasteiger partial charge < -0.3 is 34.8 Å². The van der Waals surface area contributed by atoms with Crippen LogP contribution in [0.1, 0.15) is 40.3 Å². The summed E-state index contributed by atoms with van der Waals surface area (Å²) in [5, 5.41) is 19.1. The van der Waals surface area contributed by atoms with Crippen molar-refractivity contribution in [3.63, 3.8) is 0 Å². The lowest BCUT2D eigenvalue weighted by atomic mass is 10.0. The number of phenols is 1. The molecule has 53 heavy (non-hydrogen) atoms. The molecule has 5 N–H and O–H groups in total. The van der Waals surface area contributed by atoms with Crippen molar-refractivity contribution in [3.05, 3.63) is 135 Å². The minimum absolute atomic E-state index is 0.0636. The predicted octanol–water partition coefficient (Wildman–Crippen LogP) is 7.40. The maximum Gasteiger partial charge on any atom is 0.411 e. The number of aromatic amines is 1. The van der Waals surface area contributed by atoms with E-state index in [2.05, 4.69) is 25.8 Å². The van der Waals surface area contributed by atoms with Crippen LogP contribution in [0.4, 0.5) is 16.2 Å². The minimum Gasteiger partial charge on any atom is -0.506 e. The van der Waals surface area contributed by atoms with Gasteiger partial charge in [-0.05, 0) is 85.3 Å². The molecule has 0 bridgehead atoms. The fourth-order valence-corrected chi connectivity index (χ4v) is 7.43. The number of nitrogens with one attached hydrogen (secondary N) is 4. The average molecular weight is 732 g/mol. The van der Waals surface area contributed by atoms with Crippen LogP contribution in [-0.4, -0.2) is 59.3 Å². The van der Waals surface area contributed by atoms with Crippen molar-refractivity contribution >= 4 is 44.9 Å². The number of furan rings is 1. The van der Waals surface area contributed by atoms with E-state index in [1.54, 1.807) is 18.2 Å². The topological polar surface area (TPSA) is 149 Å². The highest BCUT2D eigenvalue weighted by atomic mass is 32.1. The largest absolute Gasteiger partial charge is 0.506 e. The number of para-hydroxylation sites is 1. The Bertz CT molecular complexity index is 2220. The zero-order valence-electron chi connectivity index (χ0n) is 29.1. The monoisotopic (exact) mass is 731 g/mol. The smallest absolute Gasteiger partial charge is 0.411 e. The van der Waals surface area contributed by atoms with Crippen molar-refractivity contribution in [2.45, 2.75) is 38.3 Å². The van der Waals surface area contributed by atoms with Crippen molar-refractivity contribution < 1.29 is 23.8 Å². The van der Waals surface area contributed by atoms with Crippen LogP contribution in [-0.2, 0) is 24.1 Å². The van der Waals surface area contributed by atoms with E-state index in [0.29, 0.717) is 36.5 Å². The van der Waals surface area contributed by atoms with Crippen LogP contribution < -0.4 is 20.8 Å². The lowest BCUT2D eigenvalue weighted by Crippen LogP contribution is -2.39. The number of aromatic hydroxyl groups is 1. The summed E-state index contributed by atoms with van der Waals surface area (Å²) in [4.78, 5) is 42.2. The summed E-state index contributed by atoms with van der Waals surface area (Å²) in [6.07, 6.45) is 2.55. The van der Waals surface area contributed by atoms with E-state index >= 15 is 0 Å². The number of H-pyrrole nitrogens is 1. The Morgan fingerprint density at radius 2 is 1.66 bits per heavy atom. The van der Waals surface area contributed by atoms with Crippen LogP contribution >= 0.6 is 11.3 Å². The lowest BCUT2D eigenvalue weighted by Gasteiger charge is -2.31. The molecule has 1 fully saturated rings. The Kier molecular flexibility index (Phi) is 11.3. The van der Waals surface area contributed by atoms with E-state index in [4.69, 9.17) is 9.15 Å². The van der Waals surface area contributed by atoms with Gasteiger partial charge in [-0.25, -0.2) is 4.79 Å². The van der Waals surface area contributed by atoms with Gasteiger partial charge >= 0.3 is 11.0 Å². The van der Waals surface area contributed by atoms with E-state index in [1.807, 2.05) is 84.9 Å². The molecule has 1 aliphatic rings. The van der Waals surface area contributed by atoms with Crippen LogP contribution in [0.25, 0.3) is 21.3 Å². The number of amides is 2. The first-order valence-electron chi connectivity index (χ1n) is 17.8. The number of carbonyl (C=O) groups excluding carboxylic acids is 2. The van der Waals surface area contributed by atoms with Crippen molar-refractivity contribution in [2.75, 3.05) is 36.8 Å². The Morgan fingerprint density at radius 3 is 2.47 bits per heavy atom. The third kappa shape index (κ3) is 9.22. The number of fused-ring (bicyclic) bond motifs is 1. The summed E-state index contributed by atoms with van der Waals surface area (Å²) < 4.78 is 12.3. The summed E-state index contributed by atoms with van der Waals surface area (Å²) in [6.45, 7) is 3.67. The molecule has 3 heterocycles. The van der Waals surface area contributed by atoms with Crippen molar-refractivity contribution in [1.29, 1.82) is 0 Å². The third-order valence-corrected chi connectivity index (χ3v) is 10.3. The van der Waals surface area contributed by atoms with Gasteiger partial charge in [0.2, 0.25) is 0 Å². The van der Waals surface area contributed by atoms with E-state index in [1.165, 1.54) is 5.56 Å². The van der Waals surface area contributed by atoms with Gasteiger partial charge in [-0.1, -0.05) is 78.1 Å². The molecule has 0 spiro atoms. The number of likely N-dealkylation sites (tertiary alicyclic amines) is 1. The molecular formula is C41H41N5O6S. The van der Waals surface area contributed by atoms with Crippen LogP contribution in [0, 0.1) is 0 Å². The first kappa shape index (κ1) is 35.7. The molecule has 2 amide bonds. The highest BCUT2D eigenvalue weighted by molar-refractivity contribution is 7.16. The highest BCUT2D eigenvalue weighted by Crippen LogP contribution is 2.29. The molecule has 7 rings (SSSR count). The third-order valence-electron chi connectivity index (χ3n) is 9.38. The zero-order chi connectivity index (χ0) is 36.6. The summed E-state index contributed by atoms with van der Waals surface area (Å²) in [5.74, 6) is 0.604. The van der Waals surface area contributed by atoms with Gasteiger partial charge in [0.25, 0.3) is 5.91 Å². The Labute approximate surface area is 310 Å². The number of benzene rings is 4. The number of phenolic OH excluding ortho intramolecular Hbond substituents is 1. The van der Waals surface area contributed by atoms with Gasteiger partial charge in [0.05, 0.1) is 16.9 Å². The Balaban J connectivity index is 0.802. The number of carbonyl (C=O) groups is 2. The van der Waals surface area contributed by atoms with Crippen molar-refractivity contribution in [3.8, 4) is 16.9 Å². The molecular weight excluding hydrogens is 691 g/mol. The number of hydrogen-bond acceptors (Lipinski definition) is 9. The van der Waals surface area contributed by atoms with Gasteiger partial charge in [0.15, 0.2) is 5.76 Å². The molecule has 12 heteroatoms. The van der Waals surface area contributed by atoms with Gasteiger partial charge in [0.1, 0.15) is 23.1 Å². The fraction of sp³-hybridized carbons (Fsp3) is 0.244. The number of piperidine rings is 1. The van der Waals surface area contributed by atoms with Gasteiger partial charge in [0, 0.05) is 30.9 Å². The zero-order valence-corrected chi connectivity index (χ0v) is 29.9. The highest BCUT2D eigenvalue weighted by Gasteiger charge is 2.23. The normalized spacial score (nSPS) is 13.6. The SMILES string of the molecule is O=C(Nc1ccccc1-c1ccccc1)OC1CCN(CCc2ccc(NC(=O)c3ccc(CNCCc4ccc(O)c5[nH]c(=O)sc45)o3)cc2)CC1. The standard InChI is InChI=1S/C41H41N5O6S/c47-35-16-12-29(38-37(35)45-41(50)53-38)18-22-42-26-32-15-17-36(51-32)39(48)43-30-13-10-27(11-14-30)19-23-46-24-20-31(21-25-46)52-40(49)44-34-9-5-4-8-33(34)28-6-2-1-3-7-28/h1-17,31,42,47H,18-26H2,(H,43,48)(H,44,49)(H,45,50). The molecule has 11 nitrogen and oxygen atoms in total. The number of ether oxygens (including phenoxy) is 1. The first-order valence-corrected chi connectivity index (χ1v) is 18.6. The second-order valence-corrected chi connectivity index (χ2v) is 14.0. The van der Waals surface area contributed by atoms with Crippen LogP contribution in [0.3, 0.4) is 0 Å². The Hall–Kier alpha value is -5.69. The minimum atomic E-state index is -0.428. The molecule has 4 aromatic carbocycles. The quantitative estimate of drug-likeness (QED) is 0.0773. The molecule has 0 unspecified atom stereocenters. The van der Waals surface area contributed by atoms with Crippen LogP contribution in [0.15, 0.2) is 112 Å². The number of rotatable bonds is 13. The molecule has 1 saturated heterocycles. The number of thiazole rings is 1. The van der Waals surface area contributed by atoms with Crippen LogP contribution in [0.5, 0.6) is 5.75 Å². The van der Waals surface area contributed by atoms with E-state index in [9.17, 15) is 19.5 Å². The maximum atomic E-state index is 12.9. The first-order chi connectivity index (χ1) is 25.9. The molecule has 0 aliphatic carbocycles.